The Morgan fingerprint density at radius 1 is 1.28 bits per heavy atom. The molecule has 0 atom stereocenters. The van der Waals surface area contributed by atoms with E-state index >= 15 is 0 Å². The Bertz CT molecular complexity index is 586. The van der Waals surface area contributed by atoms with Gasteiger partial charge in [-0.05, 0) is 30.3 Å². The molecule has 1 N–H and O–H groups in total. The average Bonchev–Trinajstić information content (AvgIpc) is 2.31. The monoisotopic (exact) mass is 267 g/mol. The number of nitrogens with zero attached hydrogens (tertiary/aromatic N) is 1. The van der Waals surface area contributed by atoms with Crippen molar-refractivity contribution < 1.29 is 19.0 Å². The van der Waals surface area contributed by atoms with Crippen LogP contribution in [0, 0.1) is 5.82 Å². The van der Waals surface area contributed by atoms with Crippen LogP contribution in [0.3, 0.4) is 0 Å². The van der Waals surface area contributed by atoms with Crippen molar-refractivity contribution >= 4 is 17.6 Å². The van der Waals surface area contributed by atoms with E-state index in [0.29, 0.717) is 5.75 Å². The van der Waals surface area contributed by atoms with Crippen molar-refractivity contribution in [2.75, 3.05) is 0 Å². The second-order valence-electron chi connectivity index (χ2n) is 3.38. The molecule has 1 aromatic heterocycles. The standard InChI is InChI=1S/C12H7ClFNO3/c13-10-5-7(12(16)17)6-11(15-10)18-9-3-1-8(14)2-4-9/h1-6H,(H,16,17). The lowest BCUT2D eigenvalue weighted by molar-refractivity contribution is 0.0696. The number of carbonyl (C=O) groups is 1. The summed E-state index contributed by atoms with van der Waals surface area (Å²) in [5.41, 5.74) is -0.0351. The molecule has 0 radical (unpaired) electrons. The molecule has 6 heteroatoms. The lowest BCUT2D eigenvalue weighted by Crippen LogP contribution is -1.98. The highest BCUT2D eigenvalue weighted by Gasteiger charge is 2.09. The molecular formula is C12H7ClFNO3. The summed E-state index contributed by atoms with van der Waals surface area (Å²) in [7, 11) is 0. The van der Waals surface area contributed by atoms with E-state index in [1.54, 1.807) is 0 Å². The zero-order valence-electron chi connectivity index (χ0n) is 8.93. The van der Waals surface area contributed by atoms with Gasteiger partial charge in [0, 0.05) is 6.07 Å². The molecule has 2 rings (SSSR count). The summed E-state index contributed by atoms with van der Waals surface area (Å²) in [5, 5.41) is 8.85. The highest BCUT2D eigenvalue weighted by molar-refractivity contribution is 6.29. The Labute approximate surface area is 107 Å². The lowest BCUT2D eigenvalue weighted by atomic mass is 10.3. The van der Waals surface area contributed by atoms with Crippen LogP contribution < -0.4 is 4.74 Å². The maximum atomic E-state index is 12.7. The number of ether oxygens (including phenoxy) is 1. The van der Waals surface area contributed by atoms with E-state index in [4.69, 9.17) is 21.4 Å². The van der Waals surface area contributed by atoms with Crippen molar-refractivity contribution in [1.82, 2.24) is 4.98 Å². The van der Waals surface area contributed by atoms with Crippen LogP contribution in [-0.2, 0) is 0 Å². The van der Waals surface area contributed by atoms with Crippen molar-refractivity contribution in [3.63, 3.8) is 0 Å². The summed E-state index contributed by atoms with van der Waals surface area (Å²) >= 11 is 5.67. The highest BCUT2D eigenvalue weighted by atomic mass is 35.5. The summed E-state index contributed by atoms with van der Waals surface area (Å²) in [4.78, 5) is 14.6. The molecule has 1 heterocycles. The minimum Gasteiger partial charge on any atom is -0.478 e. The van der Waals surface area contributed by atoms with Crippen LogP contribution >= 0.6 is 11.6 Å². The van der Waals surface area contributed by atoms with Crippen LogP contribution in [0.2, 0.25) is 5.15 Å². The first-order valence-corrected chi connectivity index (χ1v) is 5.27. The maximum Gasteiger partial charge on any atom is 0.335 e. The third kappa shape index (κ3) is 2.95. The molecular weight excluding hydrogens is 261 g/mol. The smallest absolute Gasteiger partial charge is 0.335 e. The van der Waals surface area contributed by atoms with E-state index in [1.807, 2.05) is 0 Å². The molecule has 4 nitrogen and oxygen atoms in total. The molecule has 92 valence electrons. The third-order valence-electron chi connectivity index (χ3n) is 2.05. The van der Waals surface area contributed by atoms with Crippen LogP contribution in [0.25, 0.3) is 0 Å². The van der Waals surface area contributed by atoms with Crippen molar-refractivity contribution in [1.29, 1.82) is 0 Å². The van der Waals surface area contributed by atoms with E-state index in [-0.39, 0.29) is 16.6 Å². The van der Waals surface area contributed by atoms with Gasteiger partial charge in [0.15, 0.2) is 0 Å². The fourth-order valence-electron chi connectivity index (χ4n) is 1.27. The van der Waals surface area contributed by atoms with Crippen LogP contribution in [0.4, 0.5) is 4.39 Å². The lowest BCUT2D eigenvalue weighted by Gasteiger charge is -2.05. The fourth-order valence-corrected chi connectivity index (χ4v) is 1.47. The zero-order valence-corrected chi connectivity index (χ0v) is 9.69. The number of halogens is 2. The van der Waals surface area contributed by atoms with Gasteiger partial charge in [0.1, 0.15) is 16.7 Å². The first kappa shape index (κ1) is 12.3. The molecule has 2 aromatic rings. The molecule has 0 aliphatic carbocycles. The minimum atomic E-state index is -1.14. The van der Waals surface area contributed by atoms with Gasteiger partial charge in [-0.3, -0.25) is 0 Å². The minimum absolute atomic E-state index is 0.00649. The number of hydrogen-bond donors (Lipinski definition) is 1. The van der Waals surface area contributed by atoms with E-state index in [2.05, 4.69) is 4.98 Å². The zero-order chi connectivity index (χ0) is 13.1. The highest BCUT2D eigenvalue weighted by Crippen LogP contribution is 2.23. The van der Waals surface area contributed by atoms with Gasteiger partial charge in [-0.25, -0.2) is 14.2 Å². The topological polar surface area (TPSA) is 59.4 Å². The Morgan fingerprint density at radius 3 is 2.56 bits per heavy atom. The molecule has 18 heavy (non-hydrogen) atoms. The Morgan fingerprint density at radius 2 is 1.94 bits per heavy atom. The number of rotatable bonds is 3. The largest absolute Gasteiger partial charge is 0.478 e. The van der Waals surface area contributed by atoms with E-state index < -0.39 is 11.8 Å². The summed E-state index contributed by atoms with van der Waals surface area (Å²) in [6.45, 7) is 0. The maximum absolute atomic E-state index is 12.7. The van der Waals surface area contributed by atoms with E-state index in [1.165, 1.54) is 36.4 Å². The summed E-state index contributed by atoms with van der Waals surface area (Å²) in [6, 6.07) is 7.69. The molecule has 0 amide bonds. The second-order valence-corrected chi connectivity index (χ2v) is 3.77. The Balaban J connectivity index is 2.28. The number of carboxylic acid groups (broad SMARTS) is 1. The Hall–Kier alpha value is -2.14. The fraction of sp³-hybridized carbons (Fsp3) is 0. The van der Waals surface area contributed by atoms with Gasteiger partial charge in [0.25, 0.3) is 0 Å². The predicted molar refractivity (Wildman–Crippen MR) is 62.7 cm³/mol. The van der Waals surface area contributed by atoms with Gasteiger partial charge in [-0.1, -0.05) is 11.6 Å². The number of benzene rings is 1. The molecule has 0 aliphatic rings. The van der Waals surface area contributed by atoms with Gasteiger partial charge in [0.05, 0.1) is 5.56 Å². The van der Waals surface area contributed by atoms with Crippen LogP contribution in [0.1, 0.15) is 10.4 Å². The quantitative estimate of drug-likeness (QED) is 0.866. The van der Waals surface area contributed by atoms with Gasteiger partial charge in [-0.2, -0.15) is 0 Å². The second kappa shape index (κ2) is 5.01. The van der Waals surface area contributed by atoms with Crippen molar-refractivity contribution in [3.8, 4) is 11.6 Å². The van der Waals surface area contributed by atoms with Gasteiger partial charge in [-0.15, -0.1) is 0 Å². The molecule has 0 spiro atoms. The number of aromatic carboxylic acids is 1. The van der Waals surface area contributed by atoms with Crippen molar-refractivity contribution in [2.24, 2.45) is 0 Å². The number of pyridine rings is 1. The van der Waals surface area contributed by atoms with Gasteiger partial charge >= 0.3 is 5.97 Å². The molecule has 0 aliphatic heterocycles. The first-order chi connectivity index (χ1) is 8.54. The van der Waals surface area contributed by atoms with E-state index in [9.17, 15) is 9.18 Å². The van der Waals surface area contributed by atoms with Crippen molar-refractivity contribution in [3.05, 3.63) is 52.9 Å². The number of hydrogen-bond acceptors (Lipinski definition) is 3. The van der Waals surface area contributed by atoms with Gasteiger partial charge in [0.2, 0.25) is 5.88 Å². The normalized spacial score (nSPS) is 10.1. The number of carboxylic acids is 1. The van der Waals surface area contributed by atoms with E-state index in [0.717, 1.165) is 0 Å². The molecule has 0 saturated heterocycles. The van der Waals surface area contributed by atoms with Crippen LogP contribution in [0.5, 0.6) is 11.6 Å². The third-order valence-corrected chi connectivity index (χ3v) is 2.25. The molecule has 0 saturated carbocycles. The first-order valence-electron chi connectivity index (χ1n) is 4.89. The predicted octanol–water partition coefficient (Wildman–Crippen LogP) is 3.36. The summed E-state index contributed by atoms with van der Waals surface area (Å²) in [6.07, 6.45) is 0. The average molecular weight is 268 g/mol. The molecule has 0 unspecified atom stereocenters. The van der Waals surface area contributed by atoms with Crippen molar-refractivity contribution in [2.45, 2.75) is 0 Å². The summed E-state index contributed by atoms with van der Waals surface area (Å²) in [5.74, 6) is -1.16. The summed E-state index contributed by atoms with van der Waals surface area (Å²) < 4.78 is 18.0. The number of aromatic nitrogens is 1. The Kier molecular flexibility index (Phi) is 3.43. The molecule has 1 aromatic carbocycles. The van der Waals surface area contributed by atoms with Gasteiger partial charge < -0.3 is 9.84 Å². The van der Waals surface area contributed by atoms with Crippen LogP contribution in [0.15, 0.2) is 36.4 Å². The van der Waals surface area contributed by atoms with Crippen LogP contribution in [-0.4, -0.2) is 16.1 Å². The molecule has 0 bridgehead atoms. The SMILES string of the molecule is O=C(O)c1cc(Cl)nc(Oc2ccc(F)cc2)c1. The molecule has 0 fully saturated rings.